The van der Waals surface area contributed by atoms with E-state index < -0.39 is 0 Å². The number of aromatic nitrogens is 2. The Kier molecular flexibility index (Phi) is 2.08. The number of hydrogen-bond acceptors (Lipinski definition) is 4. The third-order valence-electron chi connectivity index (χ3n) is 2.37. The molecule has 1 aromatic heterocycles. The van der Waals surface area contributed by atoms with E-state index in [1.807, 2.05) is 0 Å². The van der Waals surface area contributed by atoms with Gasteiger partial charge < -0.3 is 10.2 Å². The molecule has 0 aromatic carbocycles. The second-order valence-corrected chi connectivity index (χ2v) is 3.29. The molecule has 0 atom stereocenters. The van der Waals surface area contributed by atoms with E-state index in [0.29, 0.717) is 12.4 Å². The predicted octanol–water partition coefficient (Wildman–Crippen LogP) is 0.871. The Labute approximate surface area is 71.2 Å². The standard InChI is InChI=1S/C8H13N3O/c9-5-8-11-10-7(12-8)4-6-2-1-3-6/h6H,1-5,9H2. The molecule has 1 saturated carbocycles. The summed E-state index contributed by atoms with van der Waals surface area (Å²) >= 11 is 0. The van der Waals surface area contributed by atoms with Gasteiger partial charge in [-0.05, 0) is 18.8 Å². The second-order valence-electron chi connectivity index (χ2n) is 3.29. The minimum atomic E-state index is 0.345. The van der Waals surface area contributed by atoms with Crippen molar-refractivity contribution in [3.63, 3.8) is 0 Å². The van der Waals surface area contributed by atoms with Crippen molar-refractivity contribution in [1.82, 2.24) is 10.2 Å². The average Bonchev–Trinajstić information content (AvgIpc) is 2.44. The molecule has 0 aliphatic heterocycles. The molecule has 0 amide bonds. The third-order valence-corrected chi connectivity index (χ3v) is 2.37. The molecule has 2 rings (SSSR count). The Morgan fingerprint density at radius 3 is 2.58 bits per heavy atom. The number of nitrogens with two attached hydrogens (primary N) is 1. The van der Waals surface area contributed by atoms with E-state index in [2.05, 4.69) is 10.2 Å². The van der Waals surface area contributed by atoms with E-state index in [-0.39, 0.29) is 0 Å². The van der Waals surface area contributed by atoms with Crippen molar-refractivity contribution in [2.24, 2.45) is 11.7 Å². The van der Waals surface area contributed by atoms with Crippen molar-refractivity contribution in [1.29, 1.82) is 0 Å². The largest absolute Gasteiger partial charge is 0.424 e. The van der Waals surface area contributed by atoms with E-state index in [9.17, 15) is 0 Å². The first-order chi connectivity index (χ1) is 5.88. The molecule has 0 radical (unpaired) electrons. The van der Waals surface area contributed by atoms with Crippen LogP contribution in [0.1, 0.15) is 31.0 Å². The normalized spacial score (nSPS) is 17.8. The summed E-state index contributed by atoms with van der Waals surface area (Å²) in [7, 11) is 0. The van der Waals surface area contributed by atoms with Gasteiger partial charge in [-0.1, -0.05) is 6.42 Å². The fourth-order valence-corrected chi connectivity index (χ4v) is 1.40. The maximum atomic E-state index is 5.34. The van der Waals surface area contributed by atoms with Gasteiger partial charge in [0.05, 0.1) is 6.54 Å². The lowest BCUT2D eigenvalue weighted by molar-refractivity contribution is 0.287. The first-order valence-corrected chi connectivity index (χ1v) is 4.40. The van der Waals surface area contributed by atoms with Crippen molar-refractivity contribution in [2.75, 3.05) is 0 Å². The highest BCUT2D eigenvalue weighted by Crippen LogP contribution is 2.29. The van der Waals surface area contributed by atoms with Crippen LogP contribution in [0.15, 0.2) is 4.42 Å². The summed E-state index contributed by atoms with van der Waals surface area (Å²) in [5, 5.41) is 7.72. The Hall–Kier alpha value is -0.900. The van der Waals surface area contributed by atoms with Gasteiger partial charge in [0.2, 0.25) is 11.8 Å². The molecule has 0 bridgehead atoms. The molecule has 1 fully saturated rings. The Balaban J connectivity index is 1.93. The van der Waals surface area contributed by atoms with E-state index in [4.69, 9.17) is 10.2 Å². The van der Waals surface area contributed by atoms with Gasteiger partial charge in [0.25, 0.3) is 0 Å². The van der Waals surface area contributed by atoms with E-state index in [1.54, 1.807) is 0 Å². The van der Waals surface area contributed by atoms with Crippen LogP contribution in [0.2, 0.25) is 0 Å². The van der Waals surface area contributed by atoms with Crippen LogP contribution >= 0.6 is 0 Å². The number of hydrogen-bond donors (Lipinski definition) is 1. The molecule has 0 unspecified atom stereocenters. The van der Waals surface area contributed by atoms with Gasteiger partial charge in [-0.25, -0.2) is 0 Å². The van der Waals surface area contributed by atoms with Crippen LogP contribution in [0.5, 0.6) is 0 Å². The van der Waals surface area contributed by atoms with Crippen LogP contribution < -0.4 is 5.73 Å². The van der Waals surface area contributed by atoms with Crippen molar-refractivity contribution in [3.8, 4) is 0 Å². The molecule has 1 aromatic rings. The lowest BCUT2D eigenvalue weighted by Crippen LogP contribution is -2.13. The van der Waals surface area contributed by atoms with Crippen LogP contribution in [0.25, 0.3) is 0 Å². The molecule has 4 nitrogen and oxygen atoms in total. The quantitative estimate of drug-likeness (QED) is 0.725. The molecular formula is C8H13N3O. The highest BCUT2D eigenvalue weighted by molar-refractivity contribution is 4.85. The van der Waals surface area contributed by atoms with Crippen LogP contribution in [0, 0.1) is 5.92 Å². The molecule has 0 saturated heterocycles. The molecule has 1 aliphatic carbocycles. The fourth-order valence-electron chi connectivity index (χ4n) is 1.40. The molecule has 4 heteroatoms. The van der Waals surface area contributed by atoms with Crippen molar-refractivity contribution >= 4 is 0 Å². The fraction of sp³-hybridized carbons (Fsp3) is 0.750. The first-order valence-electron chi connectivity index (χ1n) is 4.40. The zero-order valence-electron chi connectivity index (χ0n) is 6.99. The second kappa shape index (κ2) is 3.23. The summed E-state index contributed by atoms with van der Waals surface area (Å²) in [4.78, 5) is 0. The Bertz CT molecular complexity index is 255. The molecule has 0 spiro atoms. The van der Waals surface area contributed by atoms with Crippen LogP contribution in [-0.4, -0.2) is 10.2 Å². The summed E-state index contributed by atoms with van der Waals surface area (Å²) in [6, 6.07) is 0. The Morgan fingerprint density at radius 1 is 1.33 bits per heavy atom. The summed E-state index contributed by atoms with van der Waals surface area (Å²) in [6.07, 6.45) is 4.90. The van der Waals surface area contributed by atoms with Crippen molar-refractivity contribution in [3.05, 3.63) is 11.8 Å². The lowest BCUT2D eigenvalue weighted by Gasteiger charge is -2.23. The van der Waals surface area contributed by atoms with Crippen LogP contribution in [0.4, 0.5) is 0 Å². The third kappa shape index (κ3) is 1.48. The molecular weight excluding hydrogens is 154 g/mol. The smallest absolute Gasteiger partial charge is 0.230 e. The number of rotatable bonds is 3. The summed E-state index contributed by atoms with van der Waals surface area (Å²) in [6.45, 7) is 0.345. The molecule has 12 heavy (non-hydrogen) atoms. The monoisotopic (exact) mass is 167 g/mol. The summed E-state index contributed by atoms with van der Waals surface area (Å²) in [5.41, 5.74) is 5.34. The van der Waals surface area contributed by atoms with E-state index in [0.717, 1.165) is 18.2 Å². The maximum Gasteiger partial charge on any atom is 0.230 e. The number of nitrogens with zero attached hydrogens (tertiary/aromatic N) is 2. The molecule has 2 N–H and O–H groups in total. The predicted molar refractivity (Wildman–Crippen MR) is 43.2 cm³/mol. The topological polar surface area (TPSA) is 64.9 Å². The maximum absolute atomic E-state index is 5.34. The van der Waals surface area contributed by atoms with Crippen molar-refractivity contribution < 1.29 is 4.42 Å². The van der Waals surface area contributed by atoms with Gasteiger partial charge in [0.15, 0.2) is 0 Å². The highest BCUT2D eigenvalue weighted by Gasteiger charge is 2.20. The van der Waals surface area contributed by atoms with Gasteiger partial charge in [-0.3, -0.25) is 0 Å². The van der Waals surface area contributed by atoms with Gasteiger partial charge >= 0.3 is 0 Å². The molecule has 1 aliphatic rings. The zero-order valence-corrected chi connectivity index (χ0v) is 6.99. The summed E-state index contributed by atoms with van der Waals surface area (Å²) < 4.78 is 5.29. The van der Waals surface area contributed by atoms with E-state index >= 15 is 0 Å². The first kappa shape index (κ1) is 7.73. The SMILES string of the molecule is NCc1nnc(CC2CCC2)o1. The van der Waals surface area contributed by atoms with Crippen LogP contribution in [-0.2, 0) is 13.0 Å². The Morgan fingerprint density at radius 2 is 2.08 bits per heavy atom. The minimum Gasteiger partial charge on any atom is -0.424 e. The van der Waals surface area contributed by atoms with Gasteiger partial charge in [0, 0.05) is 6.42 Å². The average molecular weight is 167 g/mol. The summed E-state index contributed by atoms with van der Waals surface area (Å²) in [5.74, 6) is 2.07. The minimum absolute atomic E-state index is 0.345. The lowest BCUT2D eigenvalue weighted by atomic mass is 9.83. The molecule has 66 valence electrons. The molecule has 1 heterocycles. The highest BCUT2D eigenvalue weighted by atomic mass is 16.4. The van der Waals surface area contributed by atoms with Gasteiger partial charge in [0.1, 0.15) is 0 Å². The van der Waals surface area contributed by atoms with Crippen LogP contribution in [0.3, 0.4) is 0 Å². The van der Waals surface area contributed by atoms with E-state index in [1.165, 1.54) is 19.3 Å². The van der Waals surface area contributed by atoms with Crippen molar-refractivity contribution in [2.45, 2.75) is 32.2 Å². The zero-order chi connectivity index (χ0) is 8.39. The van der Waals surface area contributed by atoms with Gasteiger partial charge in [-0.2, -0.15) is 0 Å². The van der Waals surface area contributed by atoms with Gasteiger partial charge in [-0.15, -0.1) is 10.2 Å².